The Morgan fingerprint density at radius 2 is 1.84 bits per heavy atom. The van der Waals surface area contributed by atoms with Gasteiger partial charge in [0.15, 0.2) is 5.16 Å². The van der Waals surface area contributed by atoms with Gasteiger partial charge in [-0.15, -0.1) is 0 Å². The molecule has 0 fully saturated rings. The van der Waals surface area contributed by atoms with Crippen molar-refractivity contribution in [3.63, 3.8) is 0 Å². The summed E-state index contributed by atoms with van der Waals surface area (Å²) in [5.41, 5.74) is 0.0564. The van der Waals surface area contributed by atoms with E-state index in [1.165, 1.54) is 0 Å². The number of hydrogen-bond acceptors (Lipinski definition) is 5. The Bertz CT molecular complexity index is 393. The van der Waals surface area contributed by atoms with Crippen LogP contribution < -0.4 is 10.6 Å². The monoisotopic (exact) mass is 282 g/mol. The first-order valence-corrected chi connectivity index (χ1v) is 8.18. The van der Waals surface area contributed by atoms with Gasteiger partial charge in [-0.05, 0) is 32.9 Å². The van der Waals surface area contributed by atoms with Crippen LogP contribution in [-0.4, -0.2) is 28.3 Å². The maximum atomic E-state index is 4.53. The number of aromatic nitrogens is 2. The summed E-state index contributed by atoms with van der Waals surface area (Å²) in [6.45, 7) is 9.69. The second kappa shape index (κ2) is 7.58. The molecule has 1 aromatic heterocycles. The third-order valence-corrected chi connectivity index (χ3v) is 3.33. The lowest BCUT2D eigenvalue weighted by molar-refractivity contribution is 0.508. The highest BCUT2D eigenvalue weighted by Gasteiger charge is 2.17. The SMILES string of the molecule is CCCNc1cc(NC(C)(C)CCC)nc(SC)n1. The Hall–Kier alpha value is -0.970. The molecule has 0 aliphatic carbocycles. The topological polar surface area (TPSA) is 49.8 Å². The van der Waals surface area contributed by atoms with E-state index < -0.39 is 0 Å². The molecule has 4 nitrogen and oxygen atoms in total. The summed E-state index contributed by atoms with van der Waals surface area (Å²) in [4.78, 5) is 8.99. The van der Waals surface area contributed by atoms with Crippen molar-refractivity contribution in [1.29, 1.82) is 0 Å². The number of anilines is 2. The molecule has 19 heavy (non-hydrogen) atoms. The number of hydrogen-bond donors (Lipinski definition) is 2. The van der Waals surface area contributed by atoms with Gasteiger partial charge >= 0.3 is 0 Å². The summed E-state index contributed by atoms with van der Waals surface area (Å²) in [5, 5.41) is 7.63. The number of nitrogens with zero attached hydrogens (tertiary/aromatic N) is 2. The third-order valence-electron chi connectivity index (χ3n) is 2.79. The highest BCUT2D eigenvalue weighted by atomic mass is 32.2. The van der Waals surface area contributed by atoms with Crippen molar-refractivity contribution >= 4 is 23.4 Å². The molecule has 0 atom stereocenters. The zero-order valence-electron chi connectivity index (χ0n) is 12.7. The summed E-state index contributed by atoms with van der Waals surface area (Å²) in [6.07, 6.45) is 5.35. The zero-order valence-corrected chi connectivity index (χ0v) is 13.5. The van der Waals surface area contributed by atoms with Gasteiger partial charge < -0.3 is 10.6 Å². The standard InChI is InChI=1S/C14H26N4S/c1-6-8-14(3,4)18-12-10-11(15-9-7-2)16-13(17-12)19-5/h10H,6-9H2,1-5H3,(H2,15,16,17,18). The fourth-order valence-electron chi connectivity index (χ4n) is 1.96. The predicted molar refractivity (Wildman–Crippen MR) is 85.2 cm³/mol. The van der Waals surface area contributed by atoms with E-state index in [4.69, 9.17) is 0 Å². The van der Waals surface area contributed by atoms with Crippen molar-refractivity contribution < 1.29 is 0 Å². The largest absolute Gasteiger partial charge is 0.370 e. The molecule has 2 N–H and O–H groups in total. The van der Waals surface area contributed by atoms with Gasteiger partial charge in [-0.25, -0.2) is 9.97 Å². The van der Waals surface area contributed by atoms with E-state index in [0.717, 1.165) is 42.6 Å². The normalized spacial score (nSPS) is 11.4. The van der Waals surface area contributed by atoms with E-state index in [1.807, 2.05) is 12.3 Å². The summed E-state index contributed by atoms with van der Waals surface area (Å²) < 4.78 is 0. The van der Waals surface area contributed by atoms with Gasteiger partial charge in [0.25, 0.3) is 0 Å². The van der Waals surface area contributed by atoms with Crippen LogP contribution in [0.5, 0.6) is 0 Å². The van der Waals surface area contributed by atoms with E-state index in [0.29, 0.717) is 0 Å². The first kappa shape index (κ1) is 16.1. The first-order valence-electron chi connectivity index (χ1n) is 6.96. The lowest BCUT2D eigenvalue weighted by Crippen LogP contribution is -2.31. The zero-order chi connectivity index (χ0) is 14.3. The third kappa shape index (κ3) is 5.68. The Balaban J connectivity index is 2.87. The molecule has 0 saturated carbocycles. The van der Waals surface area contributed by atoms with Crippen LogP contribution in [-0.2, 0) is 0 Å². The van der Waals surface area contributed by atoms with Crippen molar-refractivity contribution in [3.8, 4) is 0 Å². The molecule has 0 saturated heterocycles. The quantitative estimate of drug-likeness (QED) is 0.557. The van der Waals surface area contributed by atoms with Crippen LogP contribution in [0.4, 0.5) is 11.6 Å². The lowest BCUT2D eigenvalue weighted by Gasteiger charge is -2.26. The maximum absolute atomic E-state index is 4.53. The van der Waals surface area contributed by atoms with E-state index in [9.17, 15) is 0 Å². The second-order valence-corrected chi connectivity index (χ2v) is 6.08. The Morgan fingerprint density at radius 1 is 1.16 bits per heavy atom. The molecule has 0 spiro atoms. The summed E-state index contributed by atoms with van der Waals surface area (Å²) in [6, 6.07) is 1.99. The van der Waals surface area contributed by atoms with Crippen molar-refractivity contribution in [2.45, 2.75) is 57.7 Å². The van der Waals surface area contributed by atoms with Gasteiger partial charge in [-0.2, -0.15) is 0 Å². The van der Waals surface area contributed by atoms with Gasteiger partial charge in [0.2, 0.25) is 0 Å². The molecule has 0 amide bonds. The highest BCUT2D eigenvalue weighted by molar-refractivity contribution is 7.98. The number of thioether (sulfide) groups is 1. The minimum Gasteiger partial charge on any atom is -0.370 e. The van der Waals surface area contributed by atoms with Crippen molar-refractivity contribution in [1.82, 2.24) is 9.97 Å². The first-order chi connectivity index (χ1) is 9.00. The summed E-state index contributed by atoms with van der Waals surface area (Å²) in [5.74, 6) is 1.80. The molecule has 0 radical (unpaired) electrons. The summed E-state index contributed by atoms with van der Waals surface area (Å²) in [7, 11) is 0. The van der Waals surface area contributed by atoms with Crippen LogP contribution in [0.3, 0.4) is 0 Å². The van der Waals surface area contributed by atoms with Gasteiger partial charge in [0, 0.05) is 18.2 Å². The lowest BCUT2D eigenvalue weighted by atomic mass is 9.99. The molecule has 1 aromatic rings. The Morgan fingerprint density at radius 3 is 2.42 bits per heavy atom. The van der Waals surface area contributed by atoms with E-state index >= 15 is 0 Å². The van der Waals surface area contributed by atoms with Crippen LogP contribution in [0.25, 0.3) is 0 Å². The van der Waals surface area contributed by atoms with Crippen LogP contribution in [0.2, 0.25) is 0 Å². The number of rotatable bonds is 8. The molecule has 5 heteroatoms. The molecule has 0 aliphatic rings. The maximum Gasteiger partial charge on any atom is 0.191 e. The van der Waals surface area contributed by atoms with Gasteiger partial charge in [0.1, 0.15) is 11.6 Å². The van der Waals surface area contributed by atoms with Gasteiger partial charge in [-0.3, -0.25) is 0 Å². The molecule has 0 aromatic carbocycles. The highest BCUT2D eigenvalue weighted by Crippen LogP contribution is 2.22. The molecule has 0 bridgehead atoms. The van der Waals surface area contributed by atoms with Crippen LogP contribution >= 0.6 is 11.8 Å². The average molecular weight is 282 g/mol. The van der Waals surface area contributed by atoms with Crippen LogP contribution in [0, 0.1) is 0 Å². The van der Waals surface area contributed by atoms with Crippen molar-refractivity contribution in [3.05, 3.63) is 6.07 Å². The Labute approximate surface area is 121 Å². The van der Waals surface area contributed by atoms with E-state index in [-0.39, 0.29) is 5.54 Å². The molecule has 108 valence electrons. The van der Waals surface area contributed by atoms with Gasteiger partial charge in [0.05, 0.1) is 0 Å². The van der Waals surface area contributed by atoms with E-state index in [1.54, 1.807) is 11.8 Å². The fourth-order valence-corrected chi connectivity index (χ4v) is 2.34. The second-order valence-electron chi connectivity index (χ2n) is 5.31. The van der Waals surface area contributed by atoms with Crippen molar-refractivity contribution in [2.24, 2.45) is 0 Å². The van der Waals surface area contributed by atoms with Crippen molar-refractivity contribution in [2.75, 3.05) is 23.4 Å². The average Bonchev–Trinajstić information content (AvgIpc) is 2.35. The minimum atomic E-state index is 0.0564. The molecule has 0 aliphatic heterocycles. The molecule has 1 heterocycles. The van der Waals surface area contributed by atoms with Gasteiger partial charge in [-0.1, -0.05) is 32.0 Å². The predicted octanol–water partition coefficient (Wildman–Crippen LogP) is 4.01. The molecular weight excluding hydrogens is 256 g/mol. The molecular formula is C14H26N4S. The molecule has 0 unspecified atom stereocenters. The van der Waals surface area contributed by atoms with Crippen LogP contribution in [0.1, 0.15) is 47.0 Å². The molecule has 1 rings (SSSR count). The Kier molecular flexibility index (Phi) is 6.42. The van der Waals surface area contributed by atoms with E-state index in [2.05, 4.69) is 48.3 Å². The summed E-state index contributed by atoms with van der Waals surface area (Å²) >= 11 is 1.57. The minimum absolute atomic E-state index is 0.0564. The fraction of sp³-hybridized carbons (Fsp3) is 0.714. The number of nitrogens with one attached hydrogen (secondary N) is 2. The van der Waals surface area contributed by atoms with Crippen LogP contribution in [0.15, 0.2) is 11.2 Å². The smallest absolute Gasteiger partial charge is 0.191 e.